The highest BCUT2D eigenvalue weighted by Gasteiger charge is 2.10. The van der Waals surface area contributed by atoms with Gasteiger partial charge in [0.2, 0.25) is 0 Å². The van der Waals surface area contributed by atoms with Crippen molar-refractivity contribution in [3.8, 4) is 6.07 Å². The van der Waals surface area contributed by atoms with Gasteiger partial charge in [-0.25, -0.2) is 9.97 Å². The number of hydrogen-bond donors (Lipinski definition) is 2. The number of benzene rings is 1. The highest BCUT2D eigenvalue weighted by Crippen LogP contribution is 2.18. The van der Waals surface area contributed by atoms with Gasteiger partial charge in [0.1, 0.15) is 23.9 Å². The van der Waals surface area contributed by atoms with Gasteiger partial charge in [0.25, 0.3) is 5.91 Å². The van der Waals surface area contributed by atoms with Crippen LogP contribution in [0.2, 0.25) is 0 Å². The molecule has 2 N–H and O–H groups in total. The van der Waals surface area contributed by atoms with Gasteiger partial charge in [-0.2, -0.15) is 5.26 Å². The molecule has 7 nitrogen and oxygen atoms in total. The van der Waals surface area contributed by atoms with Gasteiger partial charge in [-0.3, -0.25) is 9.78 Å². The largest absolute Gasteiger partial charge is 0.345 e. The third kappa shape index (κ3) is 4.14. The van der Waals surface area contributed by atoms with Crippen molar-refractivity contribution < 1.29 is 4.79 Å². The zero-order valence-corrected chi connectivity index (χ0v) is 13.2. The summed E-state index contributed by atoms with van der Waals surface area (Å²) in [5.74, 6) is 0.102. The lowest BCUT2D eigenvalue weighted by molar-refractivity contribution is 0.0945. The normalized spacial score (nSPS) is 9.88. The van der Waals surface area contributed by atoms with E-state index < -0.39 is 0 Å². The van der Waals surface area contributed by atoms with Crippen molar-refractivity contribution in [2.45, 2.75) is 6.54 Å². The van der Waals surface area contributed by atoms with E-state index in [0.717, 1.165) is 5.69 Å². The molecular formula is C18H14N6O. The number of pyridine rings is 1. The lowest BCUT2D eigenvalue weighted by Gasteiger charge is -2.08. The molecule has 122 valence electrons. The molecule has 0 bridgehead atoms. The average Bonchev–Trinajstić information content (AvgIpc) is 2.67. The molecule has 0 saturated heterocycles. The second-order valence-electron chi connectivity index (χ2n) is 5.07. The van der Waals surface area contributed by atoms with Gasteiger partial charge in [-0.15, -0.1) is 0 Å². The quantitative estimate of drug-likeness (QED) is 0.744. The highest BCUT2D eigenvalue weighted by molar-refractivity contribution is 5.92. The summed E-state index contributed by atoms with van der Waals surface area (Å²) in [6.07, 6.45) is 2.97. The number of para-hydroxylation sites is 1. The Kier molecular flexibility index (Phi) is 4.93. The third-order valence-electron chi connectivity index (χ3n) is 3.37. The van der Waals surface area contributed by atoms with E-state index in [4.69, 9.17) is 5.26 Å². The molecular weight excluding hydrogens is 316 g/mol. The molecule has 0 aliphatic carbocycles. The first-order valence-electron chi connectivity index (χ1n) is 7.52. The van der Waals surface area contributed by atoms with E-state index in [1.807, 2.05) is 24.3 Å². The van der Waals surface area contributed by atoms with Gasteiger partial charge >= 0.3 is 0 Å². The molecule has 3 rings (SSSR count). The molecule has 0 atom stereocenters. The Morgan fingerprint density at radius 3 is 2.72 bits per heavy atom. The van der Waals surface area contributed by atoms with Gasteiger partial charge in [0.15, 0.2) is 0 Å². The molecule has 25 heavy (non-hydrogen) atoms. The van der Waals surface area contributed by atoms with Crippen LogP contribution in [0, 0.1) is 11.3 Å². The fourth-order valence-electron chi connectivity index (χ4n) is 2.14. The summed E-state index contributed by atoms with van der Waals surface area (Å²) in [4.78, 5) is 24.5. The van der Waals surface area contributed by atoms with Gasteiger partial charge in [-0.05, 0) is 24.3 Å². The maximum atomic E-state index is 12.2. The Morgan fingerprint density at radius 1 is 1.08 bits per heavy atom. The molecule has 7 heteroatoms. The standard InChI is InChI=1S/C18H14N6O/c19-10-13-5-1-2-7-15(13)24-17-9-16(22-12-23-17)18(25)21-11-14-6-3-4-8-20-14/h1-9,12H,11H2,(H,21,25)(H,22,23,24). The van der Waals surface area contributed by atoms with Crippen LogP contribution >= 0.6 is 0 Å². The number of nitrogens with zero attached hydrogens (tertiary/aromatic N) is 4. The van der Waals surface area contributed by atoms with Gasteiger partial charge in [0.05, 0.1) is 23.5 Å². The van der Waals surface area contributed by atoms with Crippen molar-refractivity contribution in [2.24, 2.45) is 0 Å². The van der Waals surface area contributed by atoms with Crippen molar-refractivity contribution in [1.82, 2.24) is 20.3 Å². The number of anilines is 2. The van der Waals surface area contributed by atoms with Crippen LogP contribution in [0.3, 0.4) is 0 Å². The van der Waals surface area contributed by atoms with Gasteiger partial charge < -0.3 is 10.6 Å². The van der Waals surface area contributed by atoms with Crippen LogP contribution in [-0.4, -0.2) is 20.9 Å². The number of hydrogen-bond acceptors (Lipinski definition) is 6. The summed E-state index contributed by atoms with van der Waals surface area (Å²) in [7, 11) is 0. The van der Waals surface area contributed by atoms with E-state index >= 15 is 0 Å². The van der Waals surface area contributed by atoms with Crippen molar-refractivity contribution in [3.63, 3.8) is 0 Å². The molecule has 0 spiro atoms. The van der Waals surface area contributed by atoms with Crippen molar-refractivity contribution in [1.29, 1.82) is 5.26 Å². The van der Waals surface area contributed by atoms with E-state index in [1.165, 1.54) is 12.4 Å². The van der Waals surface area contributed by atoms with Crippen LogP contribution in [0.15, 0.2) is 61.1 Å². The lowest BCUT2D eigenvalue weighted by Crippen LogP contribution is -2.24. The number of aromatic nitrogens is 3. The minimum atomic E-state index is -0.329. The molecule has 3 aromatic rings. The van der Waals surface area contributed by atoms with E-state index in [-0.39, 0.29) is 11.6 Å². The maximum absolute atomic E-state index is 12.2. The van der Waals surface area contributed by atoms with Crippen LogP contribution in [0.5, 0.6) is 0 Å². The number of carbonyl (C=O) groups is 1. The predicted octanol–water partition coefficient (Wildman–Crippen LogP) is 2.42. The molecule has 1 amide bonds. The average molecular weight is 330 g/mol. The lowest BCUT2D eigenvalue weighted by atomic mass is 10.2. The first-order chi connectivity index (χ1) is 12.3. The SMILES string of the molecule is N#Cc1ccccc1Nc1cc(C(=O)NCc2ccccn2)ncn1. The molecule has 0 unspecified atom stereocenters. The first-order valence-corrected chi connectivity index (χ1v) is 7.52. The maximum Gasteiger partial charge on any atom is 0.270 e. The summed E-state index contributed by atoms with van der Waals surface area (Å²) in [5, 5.41) is 14.9. The zero-order chi connectivity index (χ0) is 17.5. The summed E-state index contributed by atoms with van der Waals surface area (Å²) < 4.78 is 0. The predicted molar refractivity (Wildman–Crippen MR) is 91.9 cm³/mol. The van der Waals surface area contributed by atoms with E-state index in [0.29, 0.717) is 23.6 Å². The highest BCUT2D eigenvalue weighted by atomic mass is 16.1. The smallest absolute Gasteiger partial charge is 0.270 e. The Morgan fingerprint density at radius 2 is 1.92 bits per heavy atom. The minimum absolute atomic E-state index is 0.225. The number of nitriles is 1. The van der Waals surface area contributed by atoms with Crippen molar-refractivity contribution in [3.05, 3.63) is 78.0 Å². The van der Waals surface area contributed by atoms with Crippen molar-refractivity contribution in [2.75, 3.05) is 5.32 Å². The van der Waals surface area contributed by atoms with Crippen LogP contribution in [0.1, 0.15) is 21.7 Å². The number of rotatable bonds is 5. The molecule has 0 radical (unpaired) electrons. The van der Waals surface area contributed by atoms with Crippen LogP contribution in [0.4, 0.5) is 11.5 Å². The number of nitrogens with one attached hydrogen (secondary N) is 2. The second kappa shape index (κ2) is 7.66. The molecule has 0 aliphatic rings. The van der Waals surface area contributed by atoms with Crippen LogP contribution in [0.25, 0.3) is 0 Å². The molecule has 0 fully saturated rings. The van der Waals surface area contributed by atoms with Crippen molar-refractivity contribution >= 4 is 17.4 Å². The summed E-state index contributed by atoms with van der Waals surface area (Å²) in [5.41, 5.74) is 2.08. The fourth-order valence-corrected chi connectivity index (χ4v) is 2.14. The van der Waals surface area contributed by atoms with E-state index in [1.54, 1.807) is 24.4 Å². The molecule has 2 aromatic heterocycles. The summed E-state index contributed by atoms with van der Waals surface area (Å²) >= 11 is 0. The Bertz CT molecular complexity index is 920. The molecule has 2 heterocycles. The molecule has 0 saturated carbocycles. The second-order valence-corrected chi connectivity index (χ2v) is 5.07. The fraction of sp³-hybridized carbons (Fsp3) is 0.0556. The molecule has 1 aromatic carbocycles. The monoisotopic (exact) mass is 330 g/mol. The first kappa shape index (κ1) is 16.1. The summed E-state index contributed by atoms with van der Waals surface area (Å²) in [6.45, 7) is 0.309. The van der Waals surface area contributed by atoms with Crippen LogP contribution < -0.4 is 10.6 Å². The molecule has 0 aliphatic heterocycles. The topological polar surface area (TPSA) is 104 Å². The van der Waals surface area contributed by atoms with E-state index in [2.05, 4.69) is 31.7 Å². The Balaban J connectivity index is 1.71. The van der Waals surface area contributed by atoms with Crippen LogP contribution in [-0.2, 0) is 6.54 Å². The van der Waals surface area contributed by atoms with Gasteiger partial charge in [-0.1, -0.05) is 18.2 Å². The summed E-state index contributed by atoms with van der Waals surface area (Å²) in [6, 6.07) is 16.2. The van der Waals surface area contributed by atoms with Gasteiger partial charge in [0, 0.05) is 12.3 Å². The zero-order valence-electron chi connectivity index (χ0n) is 13.2. The number of amides is 1. The number of carbonyl (C=O) groups excluding carboxylic acids is 1. The third-order valence-corrected chi connectivity index (χ3v) is 3.37. The Hall–Kier alpha value is -3.79. The van der Waals surface area contributed by atoms with E-state index in [9.17, 15) is 4.79 Å². The minimum Gasteiger partial charge on any atom is -0.345 e. The Labute approximate surface area is 144 Å².